The summed E-state index contributed by atoms with van der Waals surface area (Å²) >= 11 is 0. The van der Waals surface area contributed by atoms with Gasteiger partial charge in [0, 0.05) is 6.20 Å². The number of hydrogen-bond donors (Lipinski definition) is 1. The number of aryl methyl sites for hydroxylation is 1. The average Bonchev–Trinajstić information content (AvgIpc) is 2.79. The third-order valence-electron chi connectivity index (χ3n) is 2.98. The molecule has 0 unspecified atom stereocenters. The molecule has 0 radical (unpaired) electrons. The molecule has 4 nitrogen and oxygen atoms in total. The summed E-state index contributed by atoms with van der Waals surface area (Å²) in [6.07, 6.45) is -9.29. The molecule has 0 aliphatic rings. The van der Waals surface area contributed by atoms with Crippen LogP contribution < -0.4 is 0 Å². The number of alkyl halides is 6. The van der Waals surface area contributed by atoms with Crippen LogP contribution in [-0.4, -0.2) is 14.9 Å². The number of rotatable bonds is 1. The van der Waals surface area contributed by atoms with Gasteiger partial charge in [-0.3, -0.25) is 0 Å². The fourth-order valence-corrected chi connectivity index (χ4v) is 1.94. The third-order valence-corrected chi connectivity index (χ3v) is 2.98. The van der Waals surface area contributed by atoms with Gasteiger partial charge in [-0.15, -0.1) is 0 Å². The number of aromatic hydroxyl groups is 1. The van der Waals surface area contributed by atoms with Gasteiger partial charge >= 0.3 is 12.4 Å². The Kier molecular flexibility index (Phi) is 3.76. The molecule has 2 aromatic rings. The highest BCUT2D eigenvalue weighted by Gasteiger charge is 2.37. The van der Waals surface area contributed by atoms with E-state index in [1.165, 1.54) is 6.07 Å². The van der Waals surface area contributed by atoms with Crippen molar-refractivity contribution < 1.29 is 31.4 Å². The topological polar surface area (TPSA) is 61.8 Å². The standard InChI is InChI=1S/C13H7F6N3O/c1-6-9(13(17,18)19)5-22(21-6)10-3-7(4-20)2-8(11(10)23)12(14,15)16/h2-3,5,23H,1H3. The smallest absolute Gasteiger partial charge is 0.420 e. The van der Waals surface area contributed by atoms with E-state index >= 15 is 0 Å². The molecule has 122 valence electrons. The second-order valence-electron chi connectivity index (χ2n) is 4.57. The monoisotopic (exact) mass is 335 g/mol. The molecule has 0 saturated heterocycles. The van der Waals surface area contributed by atoms with E-state index in [-0.39, 0.29) is 0 Å². The lowest BCUT2D eigenvalue weighted by atomic mass is 10.1. The van der Waals surface area contributed by atoms with Gasteiger partial charge in [-0.25, -0.2) is 4.68 Å². The van der Waals surface area contributed by atoms with Crippen LogP contribution in [0.15, 0.2) is 18.3 Å². The van der Waals surface area contributed by atoms with E-state index in [1.807, 2.05) is 0 Å². The van der Waals surface area contributed by atoms with Crippen LogP contribution in [-0.2, 0) is 12.4 Å². The molecule has 1 N–H and O–H groups in total. The predicted molar refractivity (Wildman–Crippen MR) is 64.7 cm³/mol. The summed E-state index contributed by atoms with van der Waals surface area (Å²) in [6, 6.07) is 2.67. The summed E-state index contributed by atoms with van der Waals surface area (Å²) in [5.74, 6) is -1.31. The fraction of sp³-hybridized carbons (Fsp3) is 0.231. The Morgan fingerprint density at radius 2 is 1.65 bits per heavy atom. The van der Waals surface area contributed by atoms with Gasteiger partial charge in [0.25, 0.3) is 0 Å². The number of nitrogens with zero attached hydrogens (tertiary/aromatic N) is 3. The summed E-state index contributed by atoms with van der Waals surface area (Å²) in [4.78, 5) is 0. The van der Waals surface area contributed by atoms with Gasteiger partial charge in [0.1, 0.15) is 11.3 Å². The fourth-order valence-electron chi connectivity index (χ4n) is 1.94. The van der Waals surface area contributed by atoms with Gasteiger partial charge in [-0.1, -0.05) is 0 Å². The van der Waals surface area contributed by atoms with Gasteiger partial charge in [-0.05, 0) is 19.1 Å². The molecule has 0 fully saturated rings. The van der Waals surface area contributed by atoms with Crippen LogP contribution >= 0.6 is 0 Å². The molecule has 0 spiro atoms. The van der Waals surface area contributed by atoms with E-state index in [4.69, 9.17) is 5.26 Å². The number of benzene rings is 1. The Labute approximate surface area is 125 Å². The molecule has 10 heteroatoms. The van der Waals surface area contributed by atoms with Crippen molar-refractivity contribution in [1.82, 2.24) is 9.78 Å². The van der Waals surface area contributed by atoms with Gasteiger partial charge in [0.15, 0.2) is 5.75 Å². The molecular formula is C13H7F6N3O. The Bertz CT molecular complexity index is 798. The number of aromatic nitrogens is 2. The minimum atomic E-state index is -4.99. The molecule has 0 amide bonds. The van der Waals surface area contributed by atoms with Crippen molar-refractivity contribution in [2.45, 2.75) is 19.3 Å². The summed E-state index contributed by atoms with van der Waals surface area (Å²) in [7, 11) is 0. The molecule has 23 heavy (non-hydrogen) atoms. The van der Waals surface area contributed by atoms with Crippen LogP contribution in [0.1, 0.15) is 22.4 Å². The molecule has 0 aliphatic carbocycles. The van der Waals surface area contributed by atoms with Gasteiger partial charge in [0.05, 0.1) is 22.9 Å². The second kappa shape index (κ2) is 5.19. The summed E-state index contributed by atoms with van der Waals surface area (Å²) in [6.45, 7) is 1.02. The van der Waals surface area contributed by atoms with Crippen LogP contribution in [0.5, 0.6) is 5.75 Å². The van der Waals surface area contributed by atoms with Crippen molar-refractivity contribution in [2.24, 2.45) is 0 Å². The maximum absolute atomic E-state index is 12.9. The zero-order valence-electron chi connectivity index (χ0n) is 11.3. The van der Waals surface area contributed by atoms with Gasteiger partial charge < -0.3 is 5.11 Å². The number of halogens is 6. The normalized spacial score (nSPS) is 12.3. The largest absolute Gasteiger partial charge is 0.505 e. The Morgan fingerprint density at radius 3 is 2.09 bits per heavy atom. The average molecular weight is 335 g/mol. The maximum atomic E-state index is 12.9. The minimum Gasteiger partial charge on any atom is -0.505 e. The Morgan fingerprint density at radius 1 is 1.09 bits per heavy atom. The van der Waals surface area contributed by atoms with Crippen molar-refractivity contribution in [1.29, 1.82) is 5.26 Å². The lowest BCUT2D eigenvalue weighted by Gasteiger charge is -2.13. The van der Waals surface area contributed by atoms with Crippen LogP contribution in [0.4, 0.5) is 26.3 Å². The highest BCUT2D eigenvalue weighted by Crippen LogP contribution is 2.40. The molecule has 0 atom stereocenters. The van der Waals surface area contributed by atoms with Crippen molar-refractivity contribution in [3.8, 4) is 17.5 Å². The first kappa shape index (κ1) is 16.7. The first-order valence-electron chi connectivity index (χ1n) is 5.93. The van der Waals surface area contributed by atoms with Crippen molar-refractivity contribution >= 4 is 0 Å². The molecule has 2 rings (SSSR count). The maximum Gasteiger partial charge on any atom is 0.420 e. The molecular weight excluding hydrogens is 328 g/mol. The SMILES string of the molecule is Cc1nn(-c2cc(C#N)cc(C(F)(F)F)c2O)cc1C(F)(F)F. The first-order chi connectivity index (χ1) is 10.4. The van der Waals surface area contributed by atoms with E-state index in [0.29, 0.717) is 16.9 Å². The molecule has 0 bridgehead atoms. The highest BCUT2D eigenvalue weighted by atomic mass is 19.4. The molecule has 0 saturated carbocycles. The van der Waals surface area contributed by atoms with Gasteiger partial charge in [0.2, 0.25) is 0 Å². The van der Waals surface area contributed by atoms with Crippen LogP contribution in [0, 0.1) is 18.3 Å². The molecule has 1 heterocycles. The van der Waals surface area contributed by atoms with Crippen molar-refractivity contribution in [3.63, 3.8) is 0 Å². The van der Waals surface area contributed by atoms with Crippen molar-refractivity contribution in [2.75, 3.05) is 0 Å². The molecule has 1 aromatic heterocycles. The summed E-state index contributed by atoms with van der Waals surface area (Å²) < 4.78 is 77.3. The predicted octanol–water partition coefficient (Wildman–Crippen LogP) is 3.80. The first-order valence-corrected chi connectivity index (χ1v) is 5.93. The third kappa shape index (κ3) is 3.08. The van der Waals surface area contributed by atoms with Crippen molar-refractivity contribution in [3.05, 3.63) is 40.7 Å². The number of hydrogen-bond acceptors (Lipinski definition) is 3. The van der Waals surface area contributed by atoms with Crippen LogP contribution in [0.3, 0.4) is 0 Å². The van der Waals surface area contributed by atoms with Crippen LogP contribution in [0.25, 0.3) is 5.69 Å². The minimum absolute atomic E-state index is 0.403. The highest BCUT2D eigenvalue weighted by molar-refractivity contribution is 5.57. The second-order valence-corrected chi connectivity index (χ2v) is 4.57. The summed E-state index contributed by atoms with van der Waals surface area (Å²) in [5.41, 5.74) is -4.32. The quantitative estimate of drug-likeness (QED) is 0.807. The molecule has 0 aliphatic heterocycles. The number of phenolic OH excluding ortho intramolecular Hbond substituents is 1. The zero-order valence-corrected chi connectivity index (χ0v) is 11.3. The number of nitriles is 1. The van der Waals surface area contributed by atoms with E-state index in [9.17, 15) is 31.4 Å². The molecule has 1 aromatic carbocycles. The Hall–Kier alpha value is -2.70. The lowest BCUT2D eigenvalue weighted by molar-refractivity contribution is -0.139. The van der Waals surface area contributed by atoms with Crippen LogP contribution in [0.2, 0.25) is 0 Å². The zero-order chi connectivity index (χ0) is 17.6. The number of phenols is 1. The lowest BCUT2D eigenvalue weighted by Crippen LogP contribution is -2.08. The van der Waals surface area contributed by atoms with E-state index in [2.05, 4.69) is 5.10 Å². The van der Waals surface area contributed by atoms with E-state index < -0.39 is 46.2 Å². The van der Waals surface area contributed by atoms with E-state index in [1.54, 1.807) is 0 Å². The summed E-state index contributed by atoms with van der Waals surface area (Å²) in [5, 5.41) is 22.0. The van der Waals surface area contributed by atoms with E-state index in [0.717, 1.165) is 13.0 Å². The Balaban J connectivity index is 2.72. The van der Waals surface area contributed by atoms with Gasteiger partial charge in [-0.2, -0.15) is 36.7 Å².